The second-order valence-electron chi connectivity index (χ2n) is 3.84. The molecule has 2 rings (SSSR count). The van der Waals surface area contributed by atoms with Gasteiger partial charge in [0.2, 0.25) is 0 Å². The number of halogens is 5. The Morgan fingerprint density at radius 2 is 1.88 bits per heavy atom. The van der Waals surface area contributed by atoms with E-state index in [1.807, 2.05) is 0 Å². The topological polar surface area (TPSA) is 29.5 Å². The molecule has 17 heavy (non-hydrogen) atoms. The summed E-state index contributed by atoms with van der Waals surface area (Å²) in [6, 6.07) is 1.47. The third-order valence-corrected chi connectivity index (χ3v) is 2.74. The molecule has 2 nitrogen and oxygen atoms in total. The van der Waals surface area contributed by atoms with Crippen molar-refractivity contribution in [3.63, 3.8) is 0 Å². The lowest BCUT2D eigenvalue weighted by atomic mass is 9.90. The molecule has 0 spiro atoms. The Labute approximate surface area is 98.8 Å². The van der Waals surface area contributed by atoms with Gasteiger partial charge >= 0.3 is 6.18 Å². The summed E-state index contributed by atoms with van der Waals surface area (Å²) < 4.78 is 55.9. The number of benzene rings is 1. The lowest BCUT2D eigenvalue weighted by molar-refractivity contribution is -0.187. The molecule has 1 aliphatic heterocycles. The fourth-order valence-corrected chi connectivity index (χ4v) is 1.80. The zero-order valence-electron chi connectivity index (χ0n) is 8.31. The number of rotatable bonds is 1. The van der Waals surface area contributed by atoms with E-state index in [0.29, 0.717) is 6.07 Å². The van der Waals surface area contributed by atoms with E-state index in [1.165, 1.54) is 0 Å². The van der Waals surface area contributed by atoms with Crippen molar-refractivity contribution in [3.8, 4) is 0 Å². The van der Waals surface area contributed by atoms with Crippen LogP contribution in [0.1, 0.15) is 11.1 Å². The van der Waals surface area contributed by atoms with Crippen LogP contribution in [-0.4, -0.2) is 18.3 Å². The minimum Gasteiger partial charge on any atom is -0.380 e. The van der Waals surface area contributed by atoms with Crippen LogP contribution in [0, 0.1) is 5.82 Å². The molecular weight excluding hydrogens is 264 g/mol. The Hall–Kier alpha value is -0.850. The van der Waals surface area contributed by atoms with Crippen LogP contribution in [0.3, 0.4) is 0 Å². The largest absolute Gasteiger partial charge is 0.419 e. The van der Waals surface area contributed by atoms with Crippen molar-refractivity contribution in [1.29, 1.82) is 0 Å². The van der Waals surface area contributed by atoms with Crippen LogP contribution in [0.4, 0.5) is 17.6 Å². The Kier molecular flexibility index (Phi) is 2.84. The second-order valence-corrected chi connectivity index (χ2v) is 4.27. The number of alkyl halides is 3. The van der Waals surface area contributed by atoms with Gasteiger partial charge in [-0.1, -0.05) is 11.6 Å². The van der Waals surface area contributed by atoms with Gasteiger partial charge in [0.15, 0.2) is 0 Å². The van der Waals surface area contributed by atoms with Gasteiger partial charge in [0, 0.05) is 10.6 Å². The SMILES string of the molecule is OC1(c2cc(Cl)cc(C(F)(F)F)c2F)COC1. The van der Waals surface area contributed by atoms with Gasteiger partial charge in [0.05, 0.1) is 18.8 Å². The zero-order chi connectivity index (χ0) is 12.8. The molecule has 0 saturated carbocycles. The van der Waals surface area contributed by atoms with Crippen LogP contribution >= 0.6 is 11.6 Å². The van der Waals surface area contributed by atoms with Crippen molar-refractivity contribution in [1.82, 2.24) is 0 Å². The smallest absolute Gasteiger partial charge is 0.380 e. The zero-order valence-corrected chi connectivity index (χ0v) is 9.07. The highest BCUT2D eigenvalue weighted by molar-refractivity contribution is 6.30. The average molecular weight is 271 g/mol. The molecule has 0 aromatic heterocycles. The second kappa shape index (κ2) is 3.83. The molecule has 0 bridgehead atoms. The van der Waals surface area contributed by atoms with Crippen molar-refractivity contribution in [2.45, 2.75) is 11.8 Å². The number of hydrogen-bond acceptors (Lipinski definition) is 2. The lowest BCUT2D eigenvalue weighted by Crippen LogP contribution is -2.47. The summed E-state index contributed by atoms with van der Waals surface area (Å²) in [6.45, 7) is -0.497. The maximum Gasteiger partial charge on any atom is 0.419 e. The summed E-state index contributed by atoms with van der Waals surface area (Å²) in [6.07, 6.45) is -4.86. The summed E-state index contributed by atoms with van der Waals surface area (Å²) >= 11 is 5.50. The van der Waals surface area contributed by atoms with E-state index in [4.69, 9.17) is 11.6 Å². The minimum absolute atomic E-state index is 0.248. The lowest BCUT2D eigenvalue weighted by Gasteiger charge is -2.37. The van der Waals surface area contributed by atoms with Crippen molar-refractivity contribution >= 4 is 11.6 Å². The molecule has 0 radical (unpaired) electrons. The third-order valence-electron chi connectivity index (χ3n) is 2.53. The van der Waals surface area contributed by atoms with Crippen molar-refractivity contribution < 1.29 is 27.4 Å². The Morgan fingerprint density at radius 3 is 2.29 bits per heavy atom. The Morgan fingerprint density at radius 1 is 1.29 bits per heavy atom. The van der Waals surface area contributed by atoms with E-state index in [9.17, 15) is 22.7 Å². The van der Waals surface area contributed by atoms with Gasteiger partial charge in [0.25, 0.3) is 0 Å². The first-order valence-electron chi connectivity index (χ1n) is 4.61. The molecule has 1 aromatic rings. The highest BCUT2D eigenvalue weighted by atomic mass is 35.5. The van der Waals surface area contributed by atoms with Crippen molar-refractivity contribution in [2.75, 3.05) is 13.2 Å². The average Bonchev–Trinajstić information content (AvgIpc) is 2.16. The Bertz CT molecular complexity index is 454. The summed E-state index contributed by atoms with van der Waals surface area (Å²) in [5, 5.41) is 9.50. The minimum atomic E-state index is -4.86. The molecule has 7 heteroatoms. The molecule has 0 unspecified atom stereocenters. The Balaban J connectivity index is 2.58. The summed E-state index contributed by atoms with van der Waals surface area (Å²) in [4.78, 5) is 0. The van der Waals surface area contributed by atoms with Crippen LogP contribution in [0.25, 0.3) is 0 Å². The first-order valence-corrected chi connectivity index (χ1v) is 4.99. The van der Waals surface area contributed by atoms with E-state index in [-0.39, 0.29) is 18.2 Å². The van der Waals surface area contributed by atoms with Crippen molar-refractivity contribution in [2.24, 2.45) is 0 Å². The van der Waals surface area contributed by atoms with Gasteiger partial charge in [-0.05, 0) is 12.1 Å². The maximum atomic E-state index is 13.7. The predicted molar refractivity (Wildman–Crippen MR) is 51.1 cm³/mol. The normalized spacial score (nSPS) is 18.9. The first-order chi connectivity index (χ1) is 7.74. The monoisotopic (exact) mass is 270 g/mol. The summed E-state index contributed by atoms with van der Waals surface area (Å²) in [5.41, 5.74) is -3.70. The molecule has 0 aliphatic carbocycles. The summed E-state index contributed by atoms with van der Waals surface area (Å²) in [5.74, 6) is -1.51. The van der Waals surface area contributed by atoms with Crippen molar-refractivity contribution in [3.05, 3.63) is 34.1 Å². The number of aliphatic hydroxyl groups is 1. The third kappa shape index (κ3) is 2.12. The van der Waals surface area contributed by atoms with Gasteiger partial charge in [-0.2, -0.15) is 13.2 Å². The van der Waals surface area contributed by atoms with Gasteiger partial charge in [-0.15, -0.1) is 0 Å². The first kappa shape index (κ1) is 12.6. The molecule has 1 heterocycles. The molecule has 0 amide bonds. The van der Waals surface area contributed by atoms with E-state index in [1.54, 1.807) is 0 Å². The standard InChI is InChI=1S/C10H7ClF4O2/c11-5-1-6(9(16)3-17-4-9)8(12)7(2-5)10(13,14)15/h1-2,16H,3-4H2. The van der Waals surface area contributed by atoms with Crippen LogP contribution < -0.4 is 0 Å². The highest BCUT2D eigenvalue weighted by Gasteiger charge is 2.44. The molecule has 94 valence electrons. The van der Waals surface area contributed by atoms with E-state index >= 15 is 0 Å². The van der Waals surface area contributed by atoms with E-state index < -0.39 is 28.7 Å². The molecular formula is C10H7ClF4O2. The van der Waals surface area contributed by atoms with Gasteiger partial charge < -0.3 is 9.84 Å². The van der Waals surface area contributed by atoms with Crippen LogP contribution in [0.5, 0.6) is 0 Å². The summed E-state index contributed by atoms with van der Waals surface area (Å²) in [7, 11) is 0. The highest BCUT2D eigenvalue weighted by Crippen LogP contribution is 2.39. The molecule has 1 N–H and O–H groups in total. The quantitative estimate of drug-likeness (QED) is 0.795. The molecule has 1 fully saturated rings. The number of hydrogen-bond donors (Lipinski definition) is 1. The van der Waals surface area contributed by atoms with Gasteiger partial charge in [-0.3, -0.25) is 0 Å². The molecule has 0 atom stereocenters. The number of ether oxygens (including phenoxy) is 1. The van der Waals surface area contributed by atoms with Gasteiger partial charge in [-0.25, -0.2) is 4.39 Å². The van der Waals surface area contributed by atoms with Crippen LogP contribution in [0.2, 0.25) is 5.02 Å². The fourth-order valence-electron chi connectivity index (χ4n) is 1.59. The molecule has 1 aliphatic rings. The fraction of sp³-hybridized carbons (Fsp3) is 0.400. The predicted octanol–water partition coefficient (Wildman–Crippen LogP) is 2.72. The van der Waals surface area contributed by atoms with E-state index in [2.05, 4.69) is 4.74 Å². The van der Waals surface area contributed by atoms with Crippen LogP contribution in [-0.2, 0) is 16.5 Å². The van der Waals surface area contributed by atoms with Gasteiger partial charge in [0.1, 0.15) is 11.4 Å². The maximum absolute atomic E-state index is 13.7. The van der Waals surface area contributed by atoms with E-state index in [0.717, 1.165) is 6.07 Å². The molecule has 1 aromatic carbocycles. The molecule has 1 saturated heterocycles. The van der Waals surface area contributed by atoms with Crippen LogP contribution in [0.15, 0.2) is 12.1 Å².